The Hall–Kier alpha value is -3.83. The molecule has 0 N–H and O–H groups in total. The molecule has 6 rings (SSSR count). The Morgan fingerprint density at radius 3 is 1.27 bits per heavy atom. The van der Waals surface area contributed by atoms with Gasteiger partial charge < -0.3 is 4.67 Å². The highest BCUT2D eigenvalue weighted by Crippen LogP contribution is 2.80. The smallest absolute Gasteiger partial charge is 0.0702 e. The van der Waals surface area contributed by atoms with Crippen LogP contribution in [0.25, 0.3) is 0 Å². The Morgan fingerprint density at radius 2 is 0.863 bits per heavy atom. The predicted octanol–water partition coefficient (Wildman–Crippen LogP) is 14.2. The van der Waals surface area contributed by atoms with Crippen molar-refractivity contribution in [2.45, 2.75) is 92.9 Å². The van der Waals surface area contributed by atoms with Crippen molar-refractivity contribution in [3.63, 3.8) is 0 Å². The first-order valence-corrected chi connectivity index (χ1v) is 21.9. The molecular weight excluding hydrogens is 654 g/mol. The summed E-state index contributed by atoms with van der Waals surface area (Å²) in [5, 5.41) is 4.26. The molecule has 1 aliphatic rings. The zero-order valence-corrected chi connectivity index (χ0v) is 34.1. The van der Waals surface area contributed by atoms with Gasteiger partial charge >= 0.3 is 0 Å². The van der Waals surface area contributed by atoms with Crippen LogP contribution >= 0.6 is 15.4 Å². The van der Waals surface area contributed by atoms with E-state index in [0.717, 1.165) is 11.4 Å². The van der Waals surface area contributed by atoms with E-state index in [1.807, 2.05) is 36.4 Å². The number of anilines is 1. The molecule has 1 heterocycles. The van der Waals surface area contributed by atoms with Gasteiger partial charge in [-0.2, -0.15) is 0 Å². The second kappa shape index (κ2) is 17.6. The van der Waals surface area contributed by atoms with E-state index in [1.165, 1.54) is 49.6 Å². The van der Waals surface area contributed by atoms with E-state index in [9.17, 15) is 0 Å². The van der Waals surface area contributed by atoms with Crippen molar-refractivity contribution in [2.75, 3.05) is 4.67 Å². The summed E-state index contributed by atoms with van der Waals surface area (Å²) in [4.78, 5) is 5.64. The molecule has 0 fully saturated rings. The lowest BCUT2D eigenvalue weighted by Crippen LogP contribution is -2.21. The van der Waals surface area contributed by atoms with Crippen LogP contribution < -0.4 is 15.3 Å². The average molecular weight is 711 g/mol. The van der Waals surface area contributed by atoms with E-state index in [1.54, 1.807) is 0 Å². The molecule has 0 radical (unpaired) electrons. The van der Waals surface area contributed by atoms with Gasteiger partial charge in [0.15, 0.2) is 0 Å². The van der Waals surface area contributed by atoms with Crippen molar-refractivity contribution >= 4 is 43.1 Å². The van der Waals surface area contributed by atoms with Crippen molar-refractivity contribution in [1.29, 1.82) is 0 Å². The van der Waals surface area contributed by atoms with Gasteiger partial charge in [-0.15, -0.1) is 0 Å². The molecule has 0 aromatic heterocycles. The number of aliphatic imine (C=N–C) groups is 1. The Kier molecular flexibility index (Phi) is 13.2. The van der Waals surface area contributed by atoms with Gasteiger partial charge in [-0.05, 0) is 65.1 Å². The SMILES string of the molecule is CC(=Nc1c(C(C)C)cccc1C(C)C)C1=C(C)N(c2c(C(C)C)cccc2C(C)C)[P@](c2ccccc2)P1c1ccccc1.c1ccccc1. The molecule has 1 aliphatic heterocycles. The second-order valence-corrected chi connectivity index (χ2v) is 20.0. The van der Waals surface area contributed by atoms with Crippen LogP contribution in [0.2, 0.25) is 0 Å². The fourth-order valence-corrected chi connectivity index (χ4v) is 15.5. The highest BCUT2D eigenvalue weighted by molar-refractivity contribution is 8.39. The summed E-state index contributed by atoms with van der Waals surface area (Å²) in [6, 6.07) is 48.3. The fraction of sp³-hybridized carbons (Fsp3) is 0.298. The van der Waals surface area contributed by atoms with Crippen LogP contribution in [0.15, 0.2) is 149 Å². The summed E-state index contributed by atoms with van der Waals surface area (Å²) in [6.45, 7) is 23.2. The van der Waals surface area contributed by atoms with Crippen molar-refractivity contribution < 1.29 is 0 Å². The summed E-state index contributed by atoms with van der Waals surface area (Å²) in [7, 11) is -1.54. The molecule has 2 nitrogen and oxygen atoms in total. The van der Waals surface area contributed by atoms with Gasteiger partial charge in [0.1, 0.15) is 0 Å². The highest BCUT2D eigenvalue weighted by atomic mass is 32.1. The van der Waals surface area contributed by atoms with Gasteiger partial charge in [0.25, 0.3) is 0 Å². The second-order valence-electron chi connectivity index (χ2n) is 14.6. The normalized spacial score (nSPS) is 16.4. The molecule has 264 valence electrons. The lowest BCUT2D eigenvalue weighted by Gasteiger charge is -2.36. The van der Waals surface area contributed by atoms with E-state index in [4.69, 9.17) is 4.99 Å². The minimum absolute atomic E-state index is 0.397. The summed E-state index contributed by atoms with van der Waals surface area (Å²) < 4.78 is 2.78. The number of hydrogen-bond donors (Lipinski definition) is 0. The largest absolute Gasteiger partial charge is 0.314 e. The van der Waals surface area contributed by atoms with Gasteiger partial charge in [0.2, 0.25) is 0 Å². The third kappa shape index (κ3) is 8.63. The van der Waals surface area contributed by atoms with E-state index in [-0.39, 0.29) is 0 Å². The summed E-state index contributed by atoms with van der Waals surface area (Å²) in [6.07, 6.45) is 0. The quantitative estimate of drug-likeness (QED) is 0.110. The number of nitrogens with zero attached hydrogens (tertiary/aromatic N) is 2. The average Bonchev–Trinajstić information content (AvgIpc) is 3.45. The molecule has 0 spiro atoms. The third-order valence-corrected chi connectivity index (χ3v) is 17.0. The molecule has 1 unspecified atom stereocenters. The molecule has 0 saturated heterocycles. The van der Waals surface area contributed by atoms with Crippen LogP contribution in [0.5, 0.6) is 0 Å². The molecule has 2 atom stereocenters. The van der Waals surface area contributed by atoms with Crippen LogP contribution in [0.1, 0.15) is 115 Å². The molecule has 5 aromatic carbocycles. The number of hydrogen-bond acceptors (Lipinski definition) is 2. The van der Waals surface area contributed by atoms with Crippen LogP contribution in [0.3, 0.4) is 0 Å². The maximum absolute atomic E-state index is 5.64. The van der Waals surface area contributed by atoms with Gasteiger partial charge in [0.05, 0.1) is 19.1 Å². The lowest BCUT2D eigenvalue weighted by atomic mass is 9.92. The van der Waals surface area contributed by atoms with Gasteiger partial charge in [-0.3, -0.25) is 4.99 Å². The van der Waals surface area contributed by atoms with E-state index < -0.39 is 15.4 Å². The maximum Gasteiger partial charge on any atom is 0.0702 e. The first-order valence-electron chi connectivity index (χ1n) is 18.5. The Morgan fingerprint density at radius 1 is 0.490 bits per heavy atom. The third-order valence-electron chi connectivity index (χ3n) is 9.42. The molecule has 4 heteroatoms. The zero-order valence-electron chi connectivity index (χ0n) is 32.3. The van der Waals surface area contributed by atoms with Crippen LogP contribution in [0.4, 0.5) is 11.4 Å². The van der Waals surface area contributed by atoms with Gasteiger partial charge in [-0.25, -0.2) is 0 Å². The number of rotatable bonds is 9. The molecule has 0 bridgehead atoms. The first kappa shape index (κ1) is 38.4. The lowest BCUT2D eigenvalue weighted by molar-refractivity contribution is 0.832. The topological polar surface area (TPSA) is 15.6 Å². The van der Waals surface area contributed by atoms with E-state index in [0.29, 0.717) is 23.7 Å². The van der Waals surface area contributed by atoms with Crippen molar-refractivity contribution in [3.8, 4) is 0 Å². The zero-order chi connectivity index (χ0) is 36.7. The van der Waals surface area contributed by atoms with E-state index >= 15 is 0 Å². The fourth-order valence-electron chi connectivity index (χ4n) is 6.86. The van der Waals surface area contributed by atoms with Crippen molar-refractivity contribution in [3.05, 3.63) is 167 Å². The number of para-hydroxylation sites is 2. The molecule has 5 aromatic rings. The highest BCUT2D eigenvalue weighted by Gasteiger charge is 2.44. The monoisotopic (exact) mass is 710 g/mol. The minimum Gasteiger partial charge on any atom is -0.314 e. The molecule has 51 heavy (non-hydrogen) atoms. The standard InChI is InChI=1S/C41H50N2P2.C6H6/c1-27(2)35-23-17-24-36(28(3)4)39(35)42-31(9)41-32(10)43(40-37(29(5)6)25-18-26-38(40)30(7)8)45(34-21-15-12-16-22-34)44(41)33-19-13-11-14-20-33;1-2-4-6-5-3-1/h11-30H,1-10H3;1-6H/t44?,45-;/m0./s1. The molecule has 0 amide bonds. The van der Waals surface area contributed by atoms with Gasteiger partial charge in [0, 0.05) is 29.6 Å². The molecular formula is C47H56N2P2. The Labute approximate surface area is 311 Å². The van der Waals surface area contributed by atoms with Crippen LogP contribution in [0, 0.1) is 0 Å². The Balaban J connectivity index is 0.000000761. The summed E-state index contributed by atoms with van der Waals surface area (Å²) in [5.74, 6) is 1.61. The number of allylic oxidation sites excluding steroid dienone is 2. The molecule has 0 aliphatic carbocycles. The van der Waals surface area contributed by atoms with Crippen molar-refractivity contribution in [1.82, 2.24) is 0 Å². The summed E-state index contributed by atoms with van der Waals surface area (Å²) >= 11 is 0. The predicted molar refractivity (Wildman–Crippen MR) is 230 cm³/mol. The van der Waals surface area contributed by atoms with Crippen LogP contribution in [-0.4, -0.2) is 5.71 Å². The van der Waals surface area contributed by atoms with Gasteiger partial charge in [-0.1, -0.05) is 189 Å². The summed E-state index contributed by atoms with van der Waals surface area (Å²) in [5.41, 5.74) is 10.6. The van der Waals surface area contributed by atoms with Crippen molar-refractivity contribution in [2.24, 2.45) is 4.99 Å². The minimum atomic E-state index is -0.784. The molecule has 0 saturated carbocycles. The Bertz CT molecular complexity index is 1850. The van der Waals surface area contributed by atoms with E-state index in [2.05, 4.69) is 171 Å². The maximum atomic E-state index is 5.64. The first-order chi connectivity index (χ1) is 24.5. The number of benzene rings is 5. The van der Waals surface area contributed by atoms with Crippen LogP contribution in [-0.2, 0) is 0 Å².